The molecular weight excluding hydrogens is 364 g/mol. The largest absolute Gasteiger partial charge is 0.511 e. The molecule has 156 valence electrons. The summed E-state index contributed by atoms with van der Waals surface area (Å²) in [5.74, 6) is -2.57. The number of aliphatic carboxylic acids is 1. The van der Waals surface area contributed by atoms with Crippen molar-refractivity contribution in [3.8, 4) is 0 Å². The first-order valence-electron chi connectivity index (χ1n) is 8.80. The number of rotatable bonds is 12. The van der Waals surface area contributed by atoms with Crippen LogP contribution in [0.3, 0.4) is 0 Å². The zero-order chi connectivity index (χ0) is 20.8. The summed E-state index contributed by atoms with van der Waals surface area (Å²) < 4.78 is 24.1. The van der Waals surface area contributed by atoms with Crippen LogP contribution in [0.1, 0.15) is 53.4 Å². The highest BCUT2D eigenvalue weighted by Gasteiger charge is 2.31. The molecule has 0 aliphatic carbocycles. The molecule has 0 radical (unpaired) electrons. The van der Waals surface area contributed by atoms with Crippen LogP contribution in [0.25, 0.3) is 0 Å². The number of ether oxygens (including phenoxy) is 5. The fourth-order valence-electron chi connectivity index (χ4n) is 2.13. The summed E-state index contributed by atoms with van der Waals surface area (Å²) >= 11 is 0. The van der Waals surface area contributed by atoms with Crippen LogP contribution in [-0.2, 0) is 33.3 Å². The van der Waals surface area contributed by atoms with Gasteiger partial charge in [-0.3, -0.25) is 9.59 Å². The molecule has 27 heavy (non-hydrogen) atoms. The maximum Gasteiger partial charge on any atom is 0.511 e. The van der Waals surface area contributed by atoms with Gasteiger partial charge < -0.3 is 28.8 Å². The van der Waals surface area contributed by atoms with E-state index in [1.807, 2.05) is 0 Å². The molecule has 0 spiro atoms. The van der Waals surface area contributed by atoms with E-state index in [2.05, 4.69) is 9.47 Å². The van der Waals surface area contributed by atoms with Crippen molar-refractivity contribution in [2.45, 2.75) is 65.8 Å². The van der Waals surface area contributed by atoms with Gasteiger partial charge >= 0.3 is 24.2 Å². The first kappa shape index (κ1) is 24.5. The highest BCUT2D eigenvalue weighted by atomic mass is 16.8. The molecule has 0 saturated carbocycles. The number of carbonyl (C=O) groups is 4. The van der Waals surface area contributed by atoms with Crippen LogP contribution in [0, 0.1) is 5.92 Å². The Morgan fingerprint density at radius 3 is 1.93 bits per heavy atom. The van der Waals surface area contributed by atoms with Crippen LogP contribution >= 0.6 is 0 Å². The zero-order valence-corrected chi connectivity index (χ0v) is 16.1. The van der Waals surface area contributed by atoms with Crippen molar-refractivity contribution >= 4 is 24.2 Å². The molecule has 0 amide bonds. The summed E-state index contributed by atoms with van der Waals surface area (Å²) in [6, 6.07) is 0. The summed E-state index contributed by atoms with van der Waals surface area (Å²) in [6.45, 7) is 6.27. The number of carboxylic acid groups (broad SMARTS) is 1. The van der Waals surface area contributed by atoms with Crippen molar-refractivity contribution in [1.29, 1.82) is 0 Å². The third kappa shape index (κ3) is 11.7. The van der Waals surface area contributed by atoms with Crippen molar-refractivity contribution in [2.24, 2.45) is 5.92 Å². The smallest absolute Gasteiger partial charge is 0.481 e. The molecule has 0 aliphatic rings. The fourth-order valence-corrected chi connectivity index (χ4v) is 2.13. The van der Waals surface area contributed by atoms with Crippen molar-refractivity contribution in [3.63, 3.8) is 0 Å². The first-order chi connectivity index (χ1) is 12.7. The summed E-state index contributed by atoms with van der Waals surface area (Å²) in [4.78, 5) is 45.7. The minimum absolute atomic E-state index is 0.0444. The standard InChI is InChI=1S/C17H28O10/c1-5-23-16(21)25-11(3)13(9-7-8-10-14(18)19)15(20)26-12(4)27-17(22)24-6-2/h11-13H,5-10H2,1-4H3,(H,18,19). The quantitative estimate of drug-likeness (QED) is 0.228. The van der Waals surface area contributed by atoms with Crippen molar-refractivity contribution in [1.82, 2.24) is 0 Å². The third-order valence-corrected chi connectivity index (χ3v) is 3.38. The van der Waals surface area contributed by atoms with Gasteiger partial charge in [-0.2, -0.15) is 0 Å². The Morgan fingerprint density at radius 2 is 1.41 bits per heavy atom. The zero-order valence-electron chi connectivity index (χ0n) is 16.1. The normalized spacial score (nSPS) is 13.6. The van der Waals surface area contributed by atoms with E-state index < -0.39 is 42.6 Å². The van der Waals surface area contributed by atoms with E-state index in [1.165, 1.54) is 13.8 Å². The second-order valence-corrected chi connectivity index (χ2v) is 5.56. The van der Waals surface area contributed by atoms with Crippen LogP contribution in [0.15, 0.2) is 0 Å². The topological polar surface area (TPSA) is 135 Å². The molecule has 3 atom stereocenters. The van der Waals surface area contributed by atoms with Crippen LogP contribution in [0.2, 0.25) is 0 Å². The summed E-state index contributed by atoms with van der Waals surface area (Å²) in [7, 11) is 0. The summed E-state index contributed by atoms with van der Waals surface area (Å²) in [6.07, 6.45) is -3.06. The average molecular weight is 392 g/mol. The maximum atomic E-state index is 12.4. The number of carboxylic acids is 1. The van der Waals surface area contributed by atoms with Gasteiger partial charge in [0.1, 0.15) is 6.10 Å². The van der Waals surface area contributed by atoms with E-state index in [9.17, 15) is 19.2 Å². The third-order valence-electron chi connectivity index (χ3n) is 3.38. The summed E-state index contributed by atoms with van der Waals surface area (Å²) in [5, 5.41) is 8.68. The summed E-state index contributed by atoms with van der Waals surface area (Å²) in [5.41, 5.74) is 0. The lowest BCUT2D eigenvalue weighted by Gasteiger charge is -2.24. The van der Waals surface area contributed by atoms with E-state index in [0.29, 0.717) is 12.8 Å². The molecule has 10 heteroatoms. The number of esters is 1. The molecule has 0 rings (SSSR count). The number of hydrogen-bond donors (Lipinski definition) is 1. The SMILES string of the molecule is CCOC(=O)OC(C)OC(=O)C(CCCCC(=O)O)C(C)OC(=O)OCC. The van der Waals surface area contributed by atoms with Crippen LogP contribution in [0.4, 0.5) is 9.59 Å². The molecule has 0 aliphatic heterocycles. The molecule has 1 N–H and O–H groups in total. The van der Waals surface area contributed by atoms with Crippen molar-refractivity contribution < 1.29 is 48.0 Å². The molecule has 0 heterocycles. The second-order valence-electron chi connectivity index (χ2n) is 5.56. The average Bonchev–Trinajstić information content (AvgIpc) is 2.54. The Balaban J connectivity index is 4.81. The number of unbranched alkanes of at least 4 members (excludes halogenated alkanes) is 1. The molecule has 0 aromatic rings. The van der Waals surface area contributed by atoms with Gasteiger partial charge in [-0.05, 0) is 33.6 Å². The van der Waals surface area contributed by atoms with Gasteiger partial charge in [-0.1, -0.05) is 6.42 Å². The molecule has 0 fully saturated rings. The predicted octanol–water partition coefficient (Wildman–Crippen LogP) is 2.87. The minimum atomic E-state index is -1.20. The lowest BCUT2D eigenvalue weighted by Crippen LogP contribution is -2.34. The minimum Gasteiger partial charge on any atom is -0.481 e. The van der Waals surface area contributed by atoms with Gasteiger partial charge in [-0.15, -0.1) is 0 Å². The lowest BCUT2D eigenvalue weighted by molar-refractivity contribution is -0.176. The molecule has 10 nitrogen and oxygen atoms in total. The van der Waals surface area contributed by atoms with Gasteiger partial charge in [0.2, 0.25) is 6.29 Å². The Labute approximate surface area is 158 Å². The highest BCUT2D eigenvalue weighted by Crippen LogP contribution is 2.20. The molecule has 0 saturated heterocycles. The fraction of sp³-hybridized carbons (Fsp3) is 0.765. The van der Waals surface area contributed by atoms with E-state index in [0.717, 1.165) is 0 Å². The Kier molecular flexibility index (Phi) is 12.4. The Bertz CT molecular complexity index is 490. The molecule has 0 bridgehead atoms. The maximum absolute atomic E-state index is 12.4. The van der Waals surface area contributed by atoms with Gasteiger partial charge in [0.15, 0.2) is 0 Å². The Hall–Kier alpha value is -2.52. The Morgan fingerprint density at radius 1 is 0.852 bits per heavy atom. The molecule has 3 unspecified atom stereocenters. The van der Waals surface area contributed by atoms with Crippen LogP contribution in [-0.4, -0.2) is 55.0 Å². The predicted molar refractivity (Wildman–Crippen MR) is 90.8 cm³/mol. The monoisotopic (exact) mass is 392 g/mol. The van der Waals surface area contributed by atoms with Gasteiger partial charge in [0.05, 0.1) is 19.1 Å². The van der Waals surface area contributed by atoms with Crippen molar-refractivity contribution in [2.75, 3.05) is 13.2 Å². The van der Waals surface area contributed by atoms with E-state index in [-0.39, 0.29) is 26.1 Å². The number of hydrogen-bond acceptors (Lipinski definition) is 9. The molecule has 0 aromatic carbocycles. The van der Waals surface area contributed by atoms with E-state index >= 15 is 0 Å². The van der Waals surface area contributed by atoms with Gasteiger partial charge in [0, 0.05) is 13.3 Å². The second kappa shape index (κ2) is 13.7. The van der Waals surface area contributed by atoms with E-state index in [4.69, 9.17) is 19.3 Å². The van der Waals surface area contributed by atoms with Crippen molar-refractivity contribution in [3.05, 3.63) is 0 Å². The van der Waals surface area contributed by atoms with Gasteiger partial charge in [0.25, 0.3) is 0 Å². The first-order valence-corrected chi connectivity index (χ1v) is 8.80. The lowest BCUT2D eigenvalue weighted by atomic mass is 9.96. The highest BCUT2D eigenvalue weighted by molar-refractivity contribution is 5.74. The van der Waals surface area contributed by atoms with Crippen LogP contribution in [0.5, 0.6) is 0 Å². The van der Waals surface area contributed by atoms with Gasteiger partial charge in [-0.25, -0.2) is 9.59 Å². The van der Waals surface area contributed by atoms with Crippen LogP contribution < -0.4 is 0 Å². The molecule has 0 aromatic heterocycles. The number of carbonyl (C=O) groups excluding carboxylic acids is 3. The molecular formula is C17H28O10. The van der Waals surface area contributed by atoms with E-state index in [1.54, 1.807) is 13.8 Å².